The largest absolute Gasteiger partial charge is 0.507 e. The van der Waals surface area contributed by atoms with Gasteiger partial charge < -0.3 is 5.11 Å². The number of ketones is 2. The van der Waals surface area contributed by atoms with Crippen LogP contribution in [0.2, 0.25) is 0 Å². The monoisotopic (exact) mass is 571 g/mol. The molecule has 6 rings (SSSR count). The van der Waals surface area contributed by atoms with Crippen molar-refractivity contribution in [3.8, 4) is 5.75 Å². The molecule has 1 aliphatic heterocycles. The van der Waals surface area contributed by atoms with Crippen LogP contribution in [0, 0.1) is 31.6 Å². The predicted octanol–water partition coefficient (Wildman–Crippen LogP) is 5.41. The number of benzene rings is 2. The third-order valence-electron chi connectivity index (χ3n) is 8.50. The van der Waals surface area contributed by atoms with Crippen LogP contribution < -0.4 is 4.90 Å². The SMILES string of the molecule is CC1=CC(=O)C2=C(C1=O)C(c1cc(C)c(O)c(C)c1)C1=CCC3C(=O)N(c4ccc(Br)cc4)C(=O)C3C1C2. The van der Waals surface area contributed by atoms with Crippen molar-refractivity contribution in [3.63, 3.8) is 0 Å². The van der Waals surface area contributed by atoms with E-state index in [0.29, 0.717) is 40.0 Å². The molecule has 2 aromatic rings. The highest BCUT2D eigenvalue weighted by Crippen LogP contribution is 2.55. The zero-order valence-corrected chi connectivity index (χ0v) is 22.8. The van der Waals surface area contributed by atoms with Gasteiger partial charge in [-0.15, -0.1) is 0 Å². The van der Waals surface area contributed by atoms with Gasteiger partial charge in [-0.25, -0.2) is 0 Å². The molecule has 7 heteroatoms. The number of carbonyl (C=O) groups excluding carboxylic acids is 4. The van der Waals surface area contributed by atoms with Crippen LogP contribution in [0.1, 0.15) is 42.4 Å². The maximum Gasteiger partial charge on any atom is 0.238 e. The summed E-state index contributed by atoms with van der Waals surface area (Å²) in [5, 5.41) is 10.4. The summed E-state index contributed by atoms with van der Waals surface area (Å²) in [4.78, 5) is 55.5. The normalized spacial score (nSPS) is 26.7. The molecule has 2 aromatic carbocycles. The molecule has 4 atom stereocenters. The standard InChI is InChI=1S/C31H26BrNO5/c1-14-10-17(11-15(2)28(14)35)25-20-8-9-21-26(22(20)13-23-24(34)12-16(3)29(36)27(23)25)31(38)33(30(21)37)19-6-4-18(32)5-7-19/h4-8,10-12,21-22,25-26,35H,9,13H2,1-3H3. The number of halogens is 1. The number of phenols is 1. The Bertz CT molecular complexity index is 1540. The van der Waals surface area contributed by atoms with Crippen LogP contribution in [-0.4, -0.2) is 28.5 Å². The van der Waals surface area contributed by atoms with E-state index in [0.717, 1.165) is 15.6 Å². The molecule has 1 heterocycles. The number of fused-ring (bicyclic) bond motifs is 3. The van der Waals surface area contributed by atoms with E-state index < -0.39 is 17.8 Å². The van der Waals surface area contributed by atoms with Crippen molar-refractivity contribution in [2.24, 2.45) is 17.8 Å². The van der Waals surface area contributed by atoms with Gasteiger partial charge in [0.15, 0.2) is 11.6 Å². The summed E-state index contributed by atoms with van der Waals surface area (Å²) in [6, 6.07) is 10.8. The predicted molar refractivity (Wildman–Crippen MR) is 146 cm³/mol. The summed E-state index contributed by atoms with van der Waals surface area (Å²) in [5.74, 6) is -2.71. The molecule has 4 unspecified atom stereocenters. The van der Waals surface area contributed by atoms with E-state index in [1.807, 2.05) is 18.2 Å². The average Bonchev–Trinajstić information content (AvgIpc) is 3.14. The third-order valence-corrected chi connectivity index (χ3v) is 9.02. The van der Waals surface area contributed by atoms with Gasteiger partial charge in [0.05, 0.1) is 17.5 Å². The Morgan fingerprint density at radius 1 is 0.921 bits per heavy atom. The number of hydrogen-bond donors (Lipinski definition) is 1. The lowest BCUT2D eigenvalue weighted by atomic mass is 9.59. The maximum atomic E-state index is 13.9. The van der Waals surface area contributed by atoms with Crippen molar-refractivity contribution >= 4 is 45.0 Å². The van der Waals surface area contributed by atoms with Gasteiger partial charge in [0.2, 0.25) is 11.8 Å². The molecule has 3 aliphatic carbocycles. The first-order valence-corrected chi connectivity index (χ1v) is 13.5. The Morgan fingerprint density at radius 2 is 1.58 bits per heavy atom. The molecule has 1 saturated heterocycles. The van der Waals surface area contributed by atoms with Gasteiger partial charge in [-0.1, -0.05) is 39.7 Å². The van der Waals surface area contributed by atoms with Gasteiger partial charge in [-0.2, -0.15) is 0 Å². The first-order valence-electron chi connectivity index (χ1n) is 12.7. The summed E-state index contributed by atoms with van der Waals surface area (Å²) >= 11 is 3.40. The first kappa shape index (κ1) is 24.7. The van der Waals surface area contributed by atoms with Crippen molar-refractivity contribution < 1.29 is 24.3 Å². The van der Waals surface area contributed by atoms with Gasteiger partial charge in [0.25, 0.3) is 0 Å². The molecule has 0 saturated carbocycles. The van der Waals surface area contributed by atoms with Gasteiger partial charge in [-0.05, 0) is 86.6 Å². The van der Waals surface area contributed by atoms with Crippen LogP contribution in [-0.2, 0) is 19.2 Å². The Labute approximate surface area is 228 Å². The number of aromatic hydroxyl groups is 1. The van der Waals surface area contributed by atoms with Gasteiger partial charge in [0.1, 0.15) is 5.75 Å². The molecule has 0 radical (unpaired) electrons. The van der Waals surface area contributed by atoms with E-state index in [1.165, 1.54) is 11.0 Å². The van der Waals surface area contributed by atoms with Crippen molar-refractivity contribution in [1.82, 2.24) is 0 Å². The summed E-state index contributed by atoms with van der Waals surface area (Å²) in [6.07, 6.45) is 4.03. The Kier molecular flexibility index (Phi) is 5.69. The fourth-order valence-corrected chi connectivity index (χ4v) is 7.01. The molecular weight excluding hydrogens is 546 g/mol. The minimum Gasteiger partial charge on any atom is -0.507 e. The number of Topliss-reactive ketones (excluding diaryl/α,β-unsaturated/α-hetero) is 1. The Morgan fingerprint density at radius 3 is 2.24 bits per heavy atom. The van der Waals surface area contributed by atoms with Crippen LogP contribution >= 0.6 is 15.9 Å². The van der Waals surface area contributed by atoms with Crippen LogP contribution in [0.3, 0.4) is 0 Å². The van der Waals surface area contributed by atoms with Crippen molar-refractivity contribution in [2.45, 2.75) is 39.5 Å². The topological polar surface area (TPSA) is 91.8 Å². The lowest BCUT2D eigenvalue weighted by Gasteiger charge is -2.42. The zero-order chi connectivity index (χ0) is 27.0. The second-order valence-electron chi connectivity index (χ2n) is 10.7. The highest BCUT2D eigenvalue weighted by atomic mass is 79.9. The average molecular weight is 572 g/mol. The van der Waals surface area contributed by atoms with Crippen LogP contribution in [0.25, 0.3) is 0 Å². The Balaban J connectivity index is 1.50. The number of nitrogens with zero attached hydrogens (tertiary/aromatic N) is 1. The molecular formula is C31H26BrNO5. The van der Waals surface area contributed by atoms with Crippen molar-refractivity contribution in [3.05, 3.63) is 92.0 Å². The summed E-state index contributed by atoms with van der Waals surface area (Å²) in [7, 11) is 0. The number of anilines is 1. The van der Waals surface area contributed by atoms with Gasteiger partial charge >= 0.3 is 0 Å². The molecule has 1 fully saturated rings. The molecule has 1 N–H and O–H groups in total. The number of imide groups is 1. The smallest absolute Gasteiger partial charge is 0.238 e. The first-order chi connectivity index (χ1) is 18.1. The number of rotatable bonds is 2. The quantitative estimate of drug-likeness (QED) is 0.296. The second kappa shape index (κ2) is 8.73. The molecule has 0 spiro atoms. The van der Waals surface area contributed by atoms with Gasteiger partial charge in [0, 0.05) is 27.1 Å². The minimum atomic E-state index is -0.614. The molecule has 0 aromatic heterocycles. The zero-order valence-electron chi connectivity index (χ0n) is 21.2. The number of allylic oxidation sites excluding steroid dienone is 6. The lowest BCUT2D eigenvalue weighted by molar-refractivity contribution is -0.123. The highest BCUT2D eigenvalue weighted by molar-refractivity contribution is 9.10. The van der Waals surface area contributed by atoms with E-state index in [1.54, 1.807) is 45.0 Å². The molecule has 6 nitrogen and oxygen atoms in total. The van der Waals surface area contributed by atoms with E-state index in [-0.39, 0.29) is 41.5 Å². The number of phenolic OH excluding ortho intramolecular Hbond substituents is 1. The number of hydrogen-bond acceptors (Lipinski definition) is 5. The summed E-state index contributed by atoms with van der Waals surface area (Å²) in [6.45, 7) is 5.27. The molecule has 4 aliphatic rings. The van der Waals surface area contributed by atoms with Crippen molar-refractivity contribution in [1.29, 1.82) is 0 Å². The molecule has 2 amide bonds. The maximum absolute atomic E-state index is 13.9. The molecule has 192 valence electrons. The van der Waals surface area contributed by atoms with E-state index in [9.17, 15) is 24.3 Å². The van der Waals surface area contributed by atoms with E-state index >= 15 is 0 Å². The lowest BCUT2D eigenvalue weighted by Crippen LogP contribution is -2.39. The third kappa shape index (κ3) is 3.52. The van der Waals surface area contributed by atoms with Crippen molar-refractivity contribution in [2.75, 3.05) is 4.90 Å². The summed E-state index contributed by atoms with van der Waals surface area (Å²) < 4.78 is 0.847. The fraction of sp³-hybridized carbons (Fsp3) is 0.290. The Hall–Kier alpha value is -3.58. The molecule has 0 bridgehead atoms. The van der Waals surface area contributed by atoms with E-state index in [2.05, 4.69) is 15.9 Å². The van der Waals surface area contributed by atoms with Gasteiger partial charge in [-0.3, -0.25) is 24.1 Å². The number of aryl methyl sites for hydroxylation is 2. The van der Waals surface area contributed by atoms with E-state index in [4.69, 9.17) is 0 Å². The minimum absolute atomic E-state index is 0.167. The number of carbonyl (C=O) groups is 4. The van der Waals surface area contributed by atoms with Crippen LogP contribution in [0.15, 0.2) is 75.3 Å². The fourth-order valence-electron chi connectivity index (χ4n) is 6.74. The van der Waals surface area contributed by atoms with Crippen LogP contribution in [0.4, 0.5) is 5.69 Å². The molecule has 38 heavy (non-hydrogen) atoms. The summed E-state index contributed by atoms with van der Waals surface area (Å²) in [5.41, 5.74) is 4.87. The number of amides is 2. The van der Waals surface area contributed by atoms with Crippen LogP contribution in [0.5, 0.6) is 5.75 Å². The second-order valence-corrected chi connectivity index (χ2v) is 11.6. The highest BCUT2D eigenvalue weighted by Gasteiger charge is 2.56.